The summed E-state index contributed by atoms with van der Waals surface area (Å²) in [6.07, 6.45) is 0.938. The Labute approximate surface area is 154 Å². The average Bonchev–Trinajstić information content (AvgIpc) is 3.07. The van der Waals surface area contributed by atoms with Crippen molar-refractivity contribution in [2.75, 3.05) is 18.5 Å². The van der Waals surface area contributed by atoms with Crippen molar-refractivity contribution in [3.63, 3.8) is 0 Å². The molecular formula is C19H27N5O2. The Hall–Kier alpha value is -2.41. The van der Waals surface area contributed by atoms with Crippen molar-refractivity contribution < 1.29 is 9.53 Å². The zero-order valence-corrected chi connectivity index (χ0v) is 15.7. The van der Waals surface area contributed by atoms with E-state index in [0.717, 1.165) is 36.8 Å². The maximum absolute atomic E-state index is 13.0. The van der Waals surface area contributed by atoms with E-state index in [9.17, 15) is 4.79 Å². The molecule has 0 spiro atoms. The monoisotopic (exact) mass is 357 g/mol. The van der Waals surface area contributed by atoms with Gasteiger partial charge in [-0.1, -0.05) is 19.1 Å². The van der Waals surface area contributed by atoms with E-state index < -0.39 is 0 Å². The predicted octanol–water partition coefficient (Wildman–Crippen LogP) is 2.68. The van der Waals surface area contributed by atoms with Crippen LogP contribution in [0.4, 0.5) is 5.69 Å². The Morgan fingerprint density at radius 2 is 2.15 bits per heavy atom. The van der Waals surface area contributed by atoms with Gasteiger partial charge in [0.1, 0.15) is 6.61 Å². The molecule has 1 aromatic carbocycles. The number of amides is 1. The molecule has 1 amide bonds. The molecule has 2 heterocycles. The van der Waals surface area contributed by atoms with Gasteiger partial charge in [0.15, 0.2) is 11.6 Å². The second-order valence-corrected chi connectivity index (χ2v) is 6.73. The molecule has 7 nitrogen and oxygen atoms in total. The van der Waals surface area contributed by atoms with Crippen molar-refractivity contribution in [3.05, 3.63) is 41.5 Å². The fourth-order valence-corrected chi connectivity index (χ4v) is 3.18. The maximum Gasteiger partial charge on any atom is 0.256 e. The summed E-state index contributed by atoms with van der Waals surface area (Å²) in [7, 11) is 0. The van der Waals surface area contributed by atoms with Crippen molar-refractivity contribution in [3.8, 4) is 0 Å². The molecule has 0 fully saturated rings. The van der Waals surface area contributed by atoms with Crippen LogP contribution in [0.5, 0.6) is 0 Å². The molecule has 3 rings (SSSR count). The molecule has 1 aliphatic heterocycles. The van der Waals surface area contributed by atoms with Gasteiger partial charge in [-0.2, -0.15) is 0 Å². The topological polar surface area (TPSA) is 72.3 Å². The fourth-order valence-electron chi connectivity index (χ4n) is 3.18. The van der Waals surface area contributed by atoms with Crippen LogP contribution in [0, 0.1) is 0 Å². The molecule has 26 heavy (non-hydrogen) atoms. The van der Waals surface area contributed by atoms with Gasteiger partial charge in [-0.25, -0.2) is 0 Å². The Morgan fingerprint density at radius 3 is 2.92 bits per heavy atom. The van der Waals surface area contributed by atoms with Crippen molar-refractivity contribution in [1.29, 1.82) is 0 Å². The summed E-state index contributed by atoms with van der Waals surface area (Å²) in [5, 5.41) is 11.8. The minimum atomic E-state index is 0.0571. The van der Waals surface area contributed by atoms with E-state index in [1.165, 1.54) is 0 Å². The normalized spacial score (nSPS) is 13.5. The van der Waals surface area contributed by atoms with E-state index >= 15 is 0 Å². The lowest BCUT2D eigenvalue weighted by molar-refractivity contribution is 0.0707. The molecule has 2 aromatic rings. The van der Waals surface area contributed by atoms with Gasteiger partial charge in [0.2, 0.25) is 0 Å². The molecule has 0 radical (unpaired) electrons. The predicted molar refractivity (Wildman–Crippen MR) is 99.9 cm³/mol. The number of ether oxygens (including phenoxy) is 1. The molecule has 140 valence electrons. The molecular weight excluding hydrogens is 330 g/mol. The van der Waals surface area contributed by atoms with Gasteiger partial charge in [-0.05, 0) is 32.4 Å². The Kier molecular flexibility index (Phi) is 5.88. The van der Waals surface area contributed by atoms with Crippen molar-refractivity contribution >= 4 is 11.6 Å². The first-order valence-electron chi connectivity index (χ1n) is 9.24. The number of hydrogen-bond donors (Lipinski definition) is 1. The molecule has 7 heteroatoms. The van der Waals surface area contributed by atoms with Crippen LogP contribution in [-0.4, -0.2) is 44.8 Å². The Bertz CT molecular complexity index is 756. The van der Waals surface area contributed by atoms with Crippen molar-refractivity contribution in [1.82, 2.24) is 19.7 Å². The second kappa shape index (κ2) is 8.31. The highest BCUT2D eigenvalue weighted by molar-refractivity contribution is 5.99. The zero-order chi connectivity index (χ0) is 18.5. The molecule has 1 N–H and O–H groups in total. The van der Waals surface area contributed by atoms with Gasteiger partial charge in [-0.15, -0.1) is 10.2 Å². The summed E-state index contributed by atoms with van der Waals surface area (Å²) >= 11 is 0. The summed E-state index contributed by atoms with van der Waals surface area (Å²) in [4.78, 5) is 14.9. The van der Waals surface area contributed by atoms with Gasteiger partial charge in [0.25, 0.3) is 5.91 Å². The maximum atomic E-state index is 13.0. The molecule has 1 aromatic heterocycles. The SMILES string of the molecule is CCCN(C(=O)c1ccccc1NCc1nnc2n1CCOC2)C(C)C. The average molecular weight is 357 g/mol. The van der Waals surface area contributed by atoms with Gasteiger partial charge in [-0.3, -0.25) is 4.79 Å². The van der Waals surface area contributed by atoms with E-state index in [0.29, 0.717) is 25.3 Å². The van der Waals surface area contributed by atoms with Crippen LogP contribution in [0.2, 0.25) is 0 Å². The van der Waals surface area contributed by atoms with Crippen LogP contribution in [0.1, 0.15) is 49.2 Å². The second-order valence-electron chi connectivity index (χ2n) is 6.73. The van der Waals surface area contributed by atoms with Crippen LogP contribution < -0.4 is 5.32 Å². The number of anilines is 1. The summed E-state index contributed by atoms with van der Waals surface area (Å²) in [6.45, 7) is 9.40. The lowest BCUT2D eigenvalue weighted by Gasteiger charge is -2.27. The molecule has 0 unspecified atom stereocenters. The fraction of sp³-hybridized carbons (Fsp3) is 0.526. The van der Waals surface area contributed by atoms with Crippen LogP contribution in [0.3, 0.4) is 0 Å². The van der Waals surface area contributed by atoms with Gasteiger partial charge >= 0.3 is 0 Å². The highest BCUT2D eigenvalue weighted by Crippen LogP contribution is 2.20. The van der Waals surface area contributed by atoms with Crippen LogP contribution >= 0.6 is 0 Å². The standard InChI is InChI=1S/C19H27N5O2/c1-4-9-23(14(2)3)19(25)15-7-5-6-8-16(15)20-12-17-21-22-18-13-26-11-10-24(17)18/h5-8,14,20H,4,9-13H2,1-3H3. The van der Waals surface area contributed by atoms with Crippen LogP contribution in [0.25, 0.3) is 0 Å². The minimum absolute atomic E-state index is 0.0571. The first-order chi connectivity index (χ1) is 12.6. The van der Waals surface area contributed by atoms with E-state index in [1.807, 2.05) is 43.0 Å². The number of hydrogen-bond acceptors (Lipinski definition) is 5. The highest BCUT2D eigenvalue weighted by Gasteiger charge is 2.21. The number of carbonyl (C=O) groups is 1. The number of nitrogens with zero attached hydrogens (tertiary/aromatic N) is 4. The third-order valence-electron chi connectivity index (χ3n) is 4.54. The van der Waals surface area contributed by atoms with Gasteiger partial charge < -0.3 is 19.5 Å². The zero-order valence-electron chi connectivity index (χ0n) is 15.7. The highest BCUT2D eigenvalue weighted by atomic mass is 16.5. The summed E-state index contributed by atoms with van der Waals surface area (Å²) in [5.41, 5.74) is 1.51. The number of benzene rings is 1. The minimum Gasteiger partial charge on any atom is -0.377 e. The van der Waals surface area contributed by atoms with E-state index in [1.54, 1.807) is 0 Å². The third-order valence-corrected chi connectivity index (χ3v) is 4.54. The molecule has 0 bridgehead atoms. The molecule has 0 aliphatic carbocycles. The van der Waals surface area contributed by atoms with Crippen molar-refractivity contribution in [2.24, 2.45) is 0 Å². The first kappa shape index (κ1) is 18.4. The largest absolute Gasteiger partial charge is 0.377 e. The third kappa shape index (κ3) is 3.88. The summed E-state index contributed by atoms with van der Waals surface area (Å²) in [5.74, 6) is 1.77. The number of fused-ring (bicyclic) bond motifs is 1. The van der Waals surface area contributed by atoms with E-state index in [4.69, 9.17) is 4.74 Å². The first-order valence-corrected chi connectivity index (χ1v) is 9.24. The van der Waals surface area contributed by atoms with Gasteiger partial charge in [0.05, 0.1) is 18.7 Å². The lowest BCUT2D eigenvalue weighted by Crippen LogP contribution is -2.37. The van der Waals surface area contributed by atoms with Gasteiger partial charge in [0, 0.05) is 24.8 Å². The number of carbonyl (C=O) groups excluding carboxylic acids is 1. The molecule has 0 atom stereocenters. The lowest BCUT2D eigenvalue weighted by atomic mass is 10.1. The van der Waals surface area contributed by atoms with Crippen LogP contribution in [-0.2, 0) is 24.4 Å². The number of rotatable bonds is 7. The Morgan fingerprint density at radius 1 is 1.35 bits per heavy atom. The van der Waals surface area contributed by atoms with E-state index in [2.05, 4.69) is 27.0 Å². The smallest absolute Gasteiger partial charge is 0.256 e. The molecule has 1 aliphatic rings. The Balaban J connectivity index is 1.77. The number of nitrogens with one attached hydrogen (secondary N) is 1. The summed E-state index contributed by atoms with van der Waals surface area (Å²) in [6, 6.07) is 7.82. The molecule has 0 saturated heterocycles. The quantitative estimate of drug-likeness (QED) is 0.825. The number of aromatic nitrogens is 3. The van der Waals surface area contributed by atoms with Crippen molar-refractivity contribution in [2.45, 2.75) is 52.9 Å². The number of para-hydroxylation sites is 1. The summed E-state index contributed by atoms with van der Waals surface area (Å²) < 4.78 is 7.48. The molecule has 0 saturated carbocycles. The van der Waals surface area contributed by atoms with Crippen LogP contribution in [0.15, 0.2) is 24.3 Å². The van der Waals surface area contributed by atoms with E-state index in [-0.39, 0.29) is 11.9 Å².